The summed E-state index contributed by atoms with van der Waals surface area (Å²) in [6.45, 7) is 5.52. The third kappa shape index (κ3) is 3.41. The van der Waals surface area contributed by atoms with Gasteiger partial charge in [-0.15, -0.1) is 0 Å². The number of benzene rings is 1. The first-order chi connectivity index (χ1) is 8.68. The SMILES string of the molecule is CC.CC(=O)c1cncc(-c2ccccc2Cl)c1. The summed E-state index contributed by atoms with van der Waals surface area (Å²) < 4.78 is 0. The Morgan fingerprint density at radius 3 is 2.44 bits per heavy atom. The zero-order valence-corrected chi connectivity index (χ0v) is 11.5. The molecule has 0 amide bonds. The van der Waals surface area contributed by atoms with E-state index in [0.717, 1.165) is 11.1 Å². The molecule has 1 aromatic carbocycles. The van der Waals surface area contributed by atoms with Gasteiger partial charge in [-0.3, -0.25) is 9.78 Å². The first kappa shape index (κ1) is 14.4. The highest BCUT2D eigenvalue weighted by atomic mass is 35.5. The highest BCUT2D eigenvalue weighted by Gasteiger charge is 2.05. The molecule has 0 radical (unpaired) electrons. The number of carbonyl (C=O) groups is 1. The third-order valence-corrected chi connectivity index (χ3v) is 2.66. The minimum Gasteiger partial charge on any atom is -0.294 e. The molecule has 0 N–H and O–H groups in total. The van der Waals surface area contributed by atoms with Gasteiger partial charge in [0.1, 0.15) is 0 Å². The molecule has 0 fully saturated rings. The zero-order chi connectivity index (χ0) is 13.5. The Balaban J connectivity index is 0.000000771. The van der Waals surface area contributed by atoms with Gasteiger partial charge in [0.15, 0.2) is 5.78 Å². The van der Waals surface area contributed by atoms with Crippen LogP contribution in [0.2, 0.25) is 5.02 Å². The summed E-state index contributed by atoms with van der Waals surface area (Å²) in [7, 11) is 0. The van der Waals surface area contributed by atoms with Crippen LogP contribution in [0.5, 0.6) is 0 Å². The molecule has 0 saturated heterocycles. The third-order valence-electron chi connectivity index (χ3n) is 2.33. The molecule has 0 atom stereocenters. The number of hydrogen-bond acceptors (Lipinski definition) is 2. The van der Waals surface area contributed by atoms with Crippen molar-refractivity contribution in [1.82, 2.24) is 4.98 Å². The minimum absolute atomic E-state index is 0.00130. The van der Waals surface area contributed by atoms with Crippen molar-refractivity contribution < 1.29 is 4.79 Å². The Morgan fingerprint density at radius 1 is 1.17 bits per heavy atom. The second kappa shape index (κ2) is 6.92. The molecule has 0 saturated carbocycles. The smallest absolute Gasteiger partial charge is 0.161 e. The molecule has 0 aliphatic heterocycles. The number of halogens is 1. The van der Waals surface area contributed by atoms with E-state index < -0.39 is 0 Å². The summed E-state index contributed by atoms with van der Waals surface area (Å²) in [6.07, 6.45) is 3.26. The predicted octanol–water partition coefficient (Wildman–Crippen LogP) is 4.63. The van der Waals surface area contributed by atoms with E-state index in [9.17, 15) is 4.79 Å². The van der Waals surface area contributed by atoms with Gasteiger partial charge >= 0.3 is 0 Å². The molecule has 1 heterocycles. The Labute approximate surface area is 113 Å². The number of aromatic nitrogens is 1. The molecular weight excluding hydrogens is 246 g/mol. The molecule has 94 valence electrons. The lowest BCUT2D eigenvalue weighted by atomic mass is 10.1. The van der Waals surface area contributed by atoms with E-state index >= 15 is 0 Å². The van der Waals surface area contributed by atoms with Crippen LogP contribution in [-0.2, 0) is 0 Å². The molecule has 0 spiro atoms. The van der Waals surface area contributed by atoms with Crippen molar-refractivity contribution in [3.63, 3.8) is 0 Å². The monoisotopic (exact) mass is 261 g/mol. The Hall–Kier alpha value is -1.67. The molecule has 2 rings (SSSR count). The summed E-state index contributed by atoms with van der Waals surface area (Å²) in [6, 6.07) is 9.30. The van der Waals surface area contributed by atoms with E-state index in [-0.39, 0.29) is 5.78 Å². The number of ketones is 1. The van der Waals surface area contributed by atoms with Crippen LogP contribution >= 0.6 is 11.6 Å². The van der Waals surface area contributed by atoms with Crippen molar-refractivity contribution in [3.05, 3.63) is 53.3 Å². The fourth-order valence-corrected chi connectivity index (χ4v) is 1.72. The lowest BCUT2D eigenvalue weighted by Crippen LogP contribution is -1.93. The molecule has 2 nitrogen and oxygen atoms in total. The van der Waals surface area contributed by atoms with Crippen LogP contribution < -0.4 is 0 Å². The predicted molar refractivity (Wildman–Crippen MR) is 76.0 cm³/mol. The molecule has 18 heavy (non-hydrogen) atoms. The maximum atomic E-state index is 11.2. The van der Waals surface area contributed by atoms with Crippen LogP contribution in [0, 0.1) is 0 Å². The van der Waals surface area contributed by atoms with Gasteiger partial charge in [0.05, 0.1) is 0 Å². The summed E-state index contributed by atoms with van der Waals surface area (Å²) in [5.74, 6) is 0.00130. The van der Waals surface area contributed by atoms with Crippen molar-refractivity contribution in [3.8, 4) is 11.1 Å². The Morgan fingerprint density at radius 2 is 1.83 bits per heavy atom. The number of nitrogens with zero attached hydrogens (tertiary/aromatic N) is 1. The van der Waals surface area contributed by atoms with E-state index in [1.54, 1.807) is 18.5 Å². The Bertz CT molecular complexity index is 538. The number of rotatable bonds is 2. The fourth-order valence-electron chi connectivity index (χ4n) is 1.48. The van der Waals surface area contributed by atoms with Crippen molar-refractivity contribution >= 4 is 17.4 Å². The maximum absolute atomic E-state index is 11.2. The minimum atomic E-state index is 0.00130. The van der Waals surface area contributed by atoms with Gasteiger partial charge in [0.25, 0.3) is 0 Å². The molecule has 0 aliphatic rings. The average Bonchev–Trinajstić information content (AvgIpc) is 2.42. The van der Waals surface area contributed by atoms with E-state index in [1.165, 1.54) is 6.92 Å². The molecular formula is C15H16ClNO. The topological polar surface area (TPSA) is 30.0 Å². The molecule has 1 aromatic heterocycles. The van der Waals surface area contributed by atoms with Gasteiger partial charge in [-0.05, 0) is 19.1 Å². The van der Waals surface area contributed by atoms with Crippen molar-refractivity contribution in [2.45, 2.75) is 20.8 Å². The van der Waals surface area contributed by atoms with Gasteiger partial charge in [0.2, 0.25) is 0 Å². The lowest BCUT2D eigenvalue weighted by molar-refractivity contribution is 0.101. The van der Waals surface area contributed by atoms with E-state index in [4.69, 9.17) is 11.6 Å². The van der Waals surface area contributed by atoms with E-state index in [1.807, 2.05) is 38.1 Å². The van der Waals surface area contributed by atoms with E-state index in [0.29, 0.717) is 10.6 Å². The van der Waals surface area contributed by atoms with Gasteiger partial charge in [-0.2, -0.15) is 0 Å². The van der Waals surface area contributed by atoms with E-state index in [2.05, 4.69) is 4.98 Å². The molecule has 0 unspecified atom stereocenters. The molecule has 0 aliphatic carbocycles. The van der Waals surface area contributed by atoms with Crippen molar-refractivity contribution in [2.24, 2.45) is 0 Å². The molecule has 0 bridgehead atoms. The average molecular weight is 262 g/mol. The van der Waals surface area contributed by atoms with Crippen molar-refractivity contribution in [1.29, 1.82) is 0 Å². The summed E-state index contributed by atoms with van der Waals surface area (Å²) in [4.78, 5) is 15.3. The van der Waals surface area contributed by atoms with Crippen LogP contribution in [0.25, 0.3) is 11.1 Å². The quantitative estimate of drug-likeness (QED) is 0.738. The summed E-state index contributed by atoms with van der Waals surface area (Å²) >= 11 is 6.08. The first-order valence-electron chi connectivity index (χ1n) is 5.89. The summed E-state index contributed by atoms with van der Waals surface area (Å²) in [5.41, 5.74) is 2.34. The van der Waals surface area contributed by atoms with Crippen LogP contribution in [0.15, 0.2) is 42.7 Å². The molecule has 3 heteroatoms. The summed E-state index contributed by atoms with van der Waals surface area (Å²) in [5, 5.41) is 0.657. The standard InChI is InChI=1S/C13H10ClNO.C2H6/c1-9(16)10-6-11(8-15-7-10)12-4-2-3-5-13(12)14;1-2/h2-8H,1H3;1-2H3. The maximum Gasteiger partial charge on any atom is 0.161 e. The van der Waals surface area contributed by atoms with Gasteiger partial charge < -0.3 is 0 Å². The van der Waals surface area contributed by atoms with Gasteiger partial charge in [-0.1, -0.05) is 43.6 Å². The number of hydrogen-bond donors (Lipinski definition) is 0. The van der Waals surface area contributed by atoms with Crippen LogP contribution in [-0.4, -0.2) is 10.8 Å². The first-order valence-corrected chi connectivity index (χ1v) is 6.27. The van der Waals surface area contributed by atoms with Gasteiger partial charge in [-0.25, -0.2) is 0 Å². The Kier molecular flexibility index (Phi) is 5.53. The van der Waals surface area contributed by atoms with Crippen LogP contribution in [0.4, 0.5) is 0 Å². The highest BCUT2D eigenvalue weighted by molar-refractivity contribution is 6.33. The van der Waals surface area contributed by atoms with Gasteiger partial charge in [0, 0.05) is 34.1 Å². The zero-order valence-electron chi connectivity index (χ0n) is 10.8. The number of pyridine rings is 1. The van der Waals surface area contributed by atoms with Crippen LogP contribution in [0.3, 0.4) is 0 Å². The lowest BCUT2D eigenvalue weighted by Gasteiger charge is -2.04. The normalized spacial score (nSPS) is 9.33. The largest absolute Gasteiger partial charge is 0.294 e. The highest BCUT2D eigenvalue weighted by Crippen LogP contribution is 2.27. The number of Topliss-reactive ketones (excluding diaryl/α,β-unsaturated/α-hetero) is 1. The second-order valence-electron chi connectivity index (χ2n) is 3.50. The van der Waals surface area contributed by atoms with Crippen molar-refractivity contribution in [2.75, 3.05) is 0 Å². The second-order valence-corrected chi connectivity index (χ2v) is 3.91. The fraction of sp³-hybridized carbons (Fsp3) is 0.200. The number of carbonyl (C=O) groups excluding carboxylic acids is 1. The van der Waals surface area contributed by atoms with Crippen LogP contribution in [0.1, 0.15) is 31.1 Å². The molecule has 2 aromatic rings.